The Morgan fingerprint density at radius 3 is 2.62 bits per heavy atom. The average molecular weight is 520 g/mol. The highest BCUT2D eigenvalue weighted by molar-refractivity contribution is 5.98. The van der Waals surface area contributed by atoms with Gasteiger partial charge in [0.15, 0.2) is 0 Å². The predicted molar refractivity (Wildman–Crippen MR) is 135 cm³/mol. The lowest BCUT2D eigenvalue weighted by atomic mass is 9.70. The second-order valence-corrected chi connectivity index (χ2v) is 10.7. The van der Waals surface area contributed by atoms with E-state index >= 15 is 0 Å². The number of aliphatic hydroxyl groups is 1. The molecule has 206 valence electrons. The van der Waals surface area contributed by atoms with Crippen molar-refractivity contribution in [3.05, 3.63) is 25.3 Å². The van der Waals surface area contributed by atoms with E-state index in [0.717, 1.165) is 13.1 Å². The summed E-state index contributed by atoms with van der Waals surface area (Å²) in [4.78, 5) is 46.9. The van der Waals surface area contributed by atoms with Crippen molar-refractivity contribution >= 4 is 17.8 Å². The number of fused-ring (bicyclic) bond motifs is 1. The van der Waals surface area contributed by atoms with E-state index in [1.807, 2.05) is 13.8 Å². The first-order valence-electron chi connectivity index (χ1n) is 13.4. The van der Waals surface area contributed by atoms with Gasteiger partial charge in [-0.3, -0.25) is 19.3 Å². The van der Waals surface area contributed by atoms with Crippen molar-refractivity contribution in [2.75, 3.05) is 59.2 Å². The molecule has 1 N–H and O–H groups in total. The van der Waals surface area contributed by atoms with Gasteiger partial charge in [-0.15, -0.1) is 6.58 Å². The largest absolute Gasteiger partial charge is 0.461 e. The Balaban J connectivity index is 1.67. The van der Waals surface area contributed by atoms with Crippen molar-refractivity contribution in [1.29, 1.82) is 0 Å². The first-order chi connectivity index (χ1) is 17.8. The number of hydrogen-bond donors (Lipinski definition) is 1. The summed E-state index contributed by atoms with van der Waals surface area (Å²) in [5, 5.41) is 10.3. The molecule has 0 aliphatic carbocycles. The van der Waals surface area contributed by atoms with Crippen LogP contribution in [0.4, 0.5) is 0 Å². The SMILES string of the molecule is C=CCOC(=O)[C@@H]1[C@H]2C(=O)N([C@@H](CO)C(C)C)C(C(=O)N(CC=C)CCN3CCOCC3)C23CC[C@H]1O3. The van der Waals surface area contributed by atoms with Gasteiger partial charge in [-0.2, -0.15) is 0 Å². The Hall–Kier alpha value is -2.27. The van der Waals surface area contributed by atoms with E-state index in [-0.39, 0.29) is 30.9 Å². The van der Waals surface area contributed by atoms with Crippen molar-refractivity contribution in [3.8, 4) is 0 Å². The second-order valence-electron chi connectivity index (χ2n) is 10.7. The highest BCUT2D eigenvalue weighted by Gasteiger charge is 2.75. The number of hydrogen-bond acceptors (Lipinski definition) is 8. The van der Waals surface area contributed by atoms with Gasteiger partial charge in [0.05, 0.1) is 43.8 Å². The van der Waals surface area contributed by atoms with Crippen LogP contribution in [0, 0.1) is 17.8 Å². The molecule has 0 aromatic carbocycles. The molecule has 4 fully saturated rings. The molecule has 2 amide bonds. The lowest BCUT2D eigenvalue weighted by molar-refractivity contribution is -0.156. The maximum absolute atomic E-state index is 14.3. The van der Waals surface area contributed by atoms with Gasteiger partial charge in [0.2, 0.25) is 11.8 Å². The Morgan fingerprint density at radius 2 is 2.00 bits per heavy atom. The normalized spacial score (nSPS) is 31.9. The van der Waals surface area contributed by atoms with E-state index in [9.17, 15) is 19.5 Å². The number of morpholine rings is 1. The number of likely N-dealkylation sites (tertiary alicyclic amines) is 1. The average Bonchev–Trinajstić information content (AvgIpc) is 3.53. The minimum atomic E-state index is -1.13. The van der Waals surface area contributed by atoms with E-state index < -0.39 is 41.6 Å². The third-order valence-corrected chi connectivity index (χ3v) is 8.35. The first-order valence-corrected chi connectivity index (χ1v) is 13.4. The van der Waals surface area contributed by atoms with Crippen LogP contribution < -0.4 is 0 Å². The van der Waals surface area contributed by atoms with E-state index in [2.05, 4.69) is 18.1 Å². The van der Waals surface area contributed by atoms with Crippen LogP contribution in [0.25, 0.3) is 0 Å². The van der Waals surface area contributed by atoms with Crippen LogP contribution in [0.3, 0.4) is 0 Å². The summed E-state index contributed by atoms with van der Waals surface area (Å²) in [6.07, 6.45) is 3.75. The summed E-state index contributed by atoms with van der Waals surface area (Å²) >= 11 is 0. The number of ether oxygens (including phenoxy) is 3. The van der Waals surface area contributed by atoms with E-state index in [1.54, 1.807) is 11.0 Å². The van der Waals surface area contributed by atoms with Crippen LogP contribution in [0.2, 0.25) is 0 Å². The predicted octanol–water partition coefficient (Wildman–Crippen LogP) is 0.454. The molecule has 37 heavy (non-hydrogen) atoms. The quantitative estimate of drug-likeness (QED) is 0.293. The Kier molecular flexibility index (Phi) is 8.73. The number of nitrogens with zero attached hydrogens (tertiary/aromatic N) is 3. The van der Waals surface area contributed by atoms with E-state index in [1.165, 1.54) is 11.0 Å². The molecule has 1 spiro atoms. The molecule has 4 rings (SSSR count). The molecular formula is C27H41N3O7. The second kappa shape index (κ2) is 11.6. The van der Waals surface area contributed by atoms with Gasteiger partial charge in [-0.05, 0) is 18.8 Å². The van der Waals surface area contributed by atoms with Crippen molar-refractivity contribution in [2.45, 2.75) is 50.5 Å². The molecule has 4 aliphatic rings. The molecule has 4 heterocycles. The molecular weight excluding hydrogens is 478 g/mol. The molecule has 4 aliphatic heterocycles. The van der Waals surface area contributed by atoms with Gasteiger partial charge in [0, 0.05) is 32.7 Å². The molecule has 0 aromatic heterocycles. The van der Waals surface area contributed by atoms with Crippen LogP contribution in [0.15, 0.2) is 25.3 Å². The summed E-state index contributed by atoms with van der Waals surface area (Å²) < 4.78 is 17.3. The van der Waals surface area contributed by atoms with E-state index in [4.69, 9.17) is 14.2 Å². The van der Waals surface area contributed by atoms with Crippen molar-refractivity contribution < 1.29 is 33.7 Å². The molecule has 0 radical (unpaired) electrons. The van der Waals surface area contributed by atoms with Crippen molar-refractivity contribution in [2.24, 2.45) is 17.8 Å². The third kappa shape index (κ3) is 4.96. The Morgan fingerprint density at radius 1 is 1.27 bits per heavy atom. The van der Waals surface area contributed by atoms with Crippen LogP contribution >= 0.6 is 0 Å². The van der Waals surface area contributed by atoms with Gasteiger partial charge in [0.1, 0.15) is 18.2 Å². The van der Waals surface area contributed by atoms with Crippen molar-refractivity contribution in [3.63, 3.8) is 0 Å². The zero-order chi connectivity index (χ0) is 26.7. The minimum absolute atomic E-state index is 0.0436. The molecule has 10 nitrogen and oxygen atoms in total. The maximum atomic E-state index is 14.3. The Bertz CT molecular complexity index is 889. The Labute approximate surface area is 219 Å². The zero-order valence-corrected chi connectivity index (χ0v) is 22.0. The number of amides is 2. The number of carbonyl (C=O) groups excluding carboxylic acids is 3. The van der Waals surface area contributed by atoms with Crippen molar-refractivity contribution in [1.82, 2.24) is 14.7 Å². The first kappa shape index (κ1) is 27.8. The monoisotopic (exact) mass is 519 g/mol. The molecule has 4 saturated heterocycles. The van der Waals surface area contributed by atoms with Crippen LogP contribution in [0.1, 0.15) is 26.7 Å². The lowest BCUT2D eigenvalue weighted by Crippen LogP contribution is -2.60. The van der Waals surface area contributed by atoms with Gasteiger partial charge in [0.25, 0.3) is 0 Å². The van der Waals surface area contributed by atoms with Crippen LogP contribution in [-0.2, 0) is 28.6 Å². The fourth-order valence-corrected chi connectivity index (χ4v) is 6.56. The molecule has 6 atom stereocenters. The number of rotatable bonds is 12. The summed E-state index contributed by atoms with van der Waals surface area (Å²) in [5.41, 5.74) is -1.13. The smallest absolute Gasteiger partial charge is 0.312 e. The summed E-state index contributed by atoms with van der Waals surface area (Å²) in [6, 6.07) is -1.52. The van der Waals surface area contributed by atoms with E-state index in [0.29, 0.717) is 45.7 Å². The molecule has 2 unspecified atom stereocenters. The fourth-order valence-electron chi connectivity index (χ4n) is 6.56. The fraction of sp³-hybridized carbons (Fsp3) is 0.741. The third-order valence-electron chi connectivity index (χ3n) is 8.35. The molecule has 10 heteroatoms. The lowest BCUT2D eigenvalue weighted by Gasteiger charge is -2.40. The zero-order valence-electron chi connectivity index (χ0n) is 22.0. The summed E-state index contributed by atoms with van der Waals surface area (Å²) in [6.45, 7) is 15.4. The topological polar surface area (TPSA) is 109 Å². The highest BCUT2D eigenvalue weighted by atomic mass is 16.6. The van der Waals surface area contributed by atoms with Gasteiger partial charge in [-0.1, -0.05) is 32.6 Å². The molecule has 0 saturated carbocycles. The number of aliphatic hydroxyl groups excluding tert-OH is 1. The molecule has 2 bridgehead atoms. The summed E-state index contributed by atoms with van der Waals surface area (Å²) in [7, 11) is 0. The molecule has 0 aromatic rings. The number of carbonyl (C=O) groups is 3. The van der Waals surface area contributed by atoms with Gasteiger partial charge >= 0.3 is 5.97 Å². The van der Waals surface area contributed by atoms with Gasteiger partial charge < -0.3 is 29.1 Å². The minimum Gasteiger partial charge on any atom is -0.461 e. The maximum Gasteiger partial charge on any atom is 0.312 e. The number of esters is 1. The standard InChI is InChI=1S/C27H41N3O7/c1-5-9-29(11-10-28-12-15-35-16-13-28)25(33)23-27-8-7-20(37-27)21(26(34)36-14-6-2)22(27)24(32)30(23)19(17-31)18(3)4/h5-6,18-23,31H,1-2,7-17H2,3-4H3/t19-,20+,21-,22-,23?,27?/m0/s1. The van der Waals surface area contributed by atoms with Crippen LogP contribution in [-0.4, -0.2) is 121 Å². The summed E-state index contributed by atoms with van der Waals surface area (Å²) in [5.74, 6) is -2.77. The van der Waals surface area contributed by atoms with Gasteiger partial charge in [-0.25, -0.2) is 0 Å². The van der Waals surface area contributed by atoms with Crippen LogP contribution in [0.5, 0.6) is 0 Å². The highest BCUT2D eigenvalue weighted by Crippen LogP contribution is 2.59.